The molecule has 3 N–H and O–H groups in total. The molecule has 7 nitrogen and oxygen atoms in total. The average Bonchev–Trinajstić information content (AvgIpc) is 3.12. The lowest BCUT2D eigenvalue weighted by Gasteiger charge is -2.16. The number of allylic oxidation sites excluding steroid dienone is 5. The van der Waals surface area contributed by atoms with Crippen molar-refractivity contribution in [2.24, 2.45) is 5.92 Å². The highest BCUT2D eigenvalue weighted by Gasteiger charge is 2.16. The van der Waals surface area contributed by atoms with Crippen LogP contribution in [0.2, 0.25) is 0 Å². The maximum Gasteiger partial charge on any atom is 0.306 e. The zero-order valence-electron chi connectivity index (χ0n) is 33.0. The lowest BCUT2D eigenvalue weighted by Crippen LogP contribution is -2.28. The summed E-state index contributed by atoms with van der Waals surface area (Å²) in [6.07, 6.45) is 39.4. The Labute approximate surface area is 313 Å². The fourth-order valence-electron chi connectivity index (χ4n) is 5.72. The Kier molecular flexibility index (Phi) is 35.9. The van der Waals surface area contributed by atoms with Crippen molar-refractivity contribution in [2.75, 3.05) is 13.2 Å². The van der Waals surface area contributed by atoms with Gasteiger partial charge in [-0.1, -0.05) is 179 Å². The van der Waals surface area contributed by atoms with Crippen molar-refractivity contribution in [3.05, 3.63) is 48.6 Å². The quantitative estimate of drug-likeness (QED) is 0.0256. The summed E-state index contributed by atoms with van der Waals surface area (Å²) in [6, 6.07) is 0. The van der Waals surface area contributed by atoms with Crippen LogP contribution in [0.3, 0.4) is 0 Å². The van der Waals surface area contributed by atoms with Gasteiger partial charge in [0.25, 0.3) is 0 Å². The number of unbranched alkanes of at least 4 members (excludes halogenated alkanes) is 16. The molecule has 0 saturated heterocycles. The van der Waals surface area contributed by atoms with Crippen molar-refractivity contribution in [1.82, 2.24) is 0 Å². The topological polar surface area (TPSA) is 113 Å². The van der Waals surface area contributed by atoms with E-state index in [-0.39, 0.29) is 19.0 Å². The number of hydrogen-bond donors (Lipinski definition) is 3. The number of aliphatic hydroxyl groups excluding tert-OH is 3. The number of esters is 2. The molecular formula is C44H78O7. The van der Waals surface area contributed by atoms with Crippen LogP contribution in [-0.2, 0) is 19.1 Å². The Morgan fingerprint density at radius 2 is 1.16 bits per heavy atom. The summed E-state index contributed by atoms with van der Waals surface area (Å²) in [5.74, 6) is 0.0597. The Morgan fingerprint density at radius 1 is 0.608 bits per heavy atom. The molecule has 0 spiro atoms. The molecule has 0 aromatic heterocycles. The third-order valence-electron chi connectivity index (χ3n) is 9.36. The molecular weight excluding hydrogens is 640 g/mol. The zero-order chi connectivity index (χ0) is 37.6. The highest BCUT2D eigenvalue weighted by atomic mass is 16.6. The molecule has 0 bridgehead atoms. The second kappa shape index (κ2) is 37.5. The Hall–Kier alpha value is -2.22. The zero-order valence-corrected chi connectivity index (χ0v) is 33.0. The van der Waals surface area contributed by atoms with Crippen molar-refractivity contribution in [1.29, 1.82) is 0 Å². The maximum atomic E-state index is 12.2. The second-order valence-corrected chi connectivity index (χ2v) is 14.4. The van der Waals surface area contributed by atoms with Crippen LogP contribution in [0.4, 0.5) is 0 Å². The summed E-state index contributed by atoms with van der Waals surface area (Å²) in [5, 5.41) is 29.7. The van der Waals surface area contributed by atoms with Gasteiger partial charge in [0.15, 0.2) is 6.10 Å². The summed E-state index contributed by atoms with van der Waals surface area (Å²) >= 11 is 0. The normalized spacial score (nSPS) is 14.5. The van der Waals surface area contributed by atoms with Crippen molar-refractivity contribution in [2.45, 2.75) is 200 Å². The van der Waals surface area contributed by atoms with Crippen LogP contribution in [0.5, 0.6) is 0 Å². The van der Waals surface area contributed by atoms with Crippen LogP contribution in [-0.4, -0.2) is 58.8 Å². The van der Waals surface area contributed by atoms with E-state index in [4.69, 9.17) is 9.47 Å². The number of carbonyl (C=O) groups is 2. The third-order valence-corrected chi connectivity index (χ3v) is 9.36. The predicted octanol–water partition coefficient (Wildman–Crippen LogP) is 10.8. The predicted molar refractivity (Wildman–Crippen MR) is 212 cm³/mol. The molecule has 0 radical (unpaired) electrons. The molecule has 0 saturated carbocycles. The summed E-state index contributed by atoms with van der Waals surface area (Å²) in [4.78, 5) is 24.3. The van der Waals surface area contributed by atoms with E-state index in [9.17, 15) is 24.9 Å². The Balaban J connectivity index is 3.79. The number of aliphatic hydroxyl groups is 3. The van der Waals surface area contributed by atoms with Crippen LogP contribution in [0.25, 0.3) is 0 Å². The van der Waals surface area contributed by atoms with Gasteiger partial charge < -0.3 is 24.8 Å². The van der Waals surface area contributed by atoms with Gasteiger partial charge in [0.1, 0.15) is 6.61 Å². The molecule has 7 heteroatoms. The van der Waals surface area contributed by atoms with Crippen LogP contribution < -0.4 is 0 Å². The van der Waals surface area contributed by atoms with E-state index >= 15 is 0 Å². The number of carbonyl (C=O) groups excluding carboxylic acids is 2. The van der Waals surface area contributed by atoms with E-state index in [1.807, 2.05) is 6.08 Å². The summed E-state index contributed by atoms with van der Waals surface area (Å²) in [6.45, 7) is 6.25. The lowest BCUT2D eigenvalue weighted by molar-refractivity contribution is -0.161. The molecule has 296 valence electrons. The van der Waals surface area contributed by atoms with Crippen LogP contribution in [0.15, 0.2) is 48.6 Å². The molecule has 0 aliphatic carbocycles. The molecule has 0 aromatic rings. The molecule has 0 aromatic carbocycles. The van der Waals surface area contributed by atoms with Gasteiger partial charge in [0.2, 0.25) is 0 Å². The van der Waals surface area contributed by atoms with E-state index in [1.165, 1.54) is 103 Å². The first-order chi connectivity index (χ1) is 24.8. The smallest absolute Gasteiger partial charge is 0.306 e. The number of hydrogen-bond acceptors (Lipinski definition) is 7. The van der Waals surface area contributed by atoms with Gasteiger partial charge in [-0.3, -0.25) is 9.59 Å². The number of ether oxygens (including phenoxy) is 2. The molecule has 0 aliphatic rings. The van der Waals surface area contributed by atoms with E-state index in [1.54, 1.807) is 36.5 Å². The van der Waals surface area contributed by atoms with Gasteiger partial charge in [-0.15, -0.1) is 0 Å². The van der Waals surface area contributed by atoms with Gasteiger partial charge in [-0.05, 0) is 44.4 Å². The van der Waals surface area contributed by atoms with E-state index in [0.717, 1.165) is 31.6 Å². The van der Waals surface area contributed by atoms with Gasteiger partial charge >= 0.3 is 11.9 Å². The minimum Gasteiger partial charge on any atom is -0.462 e. The fourth-order valence-corrected chi connectivity index (χ4v) is 5.72. The molecule has 0 aliphatic heterocycles. The van der Waals surface area contributed by atoms with Crippen LogP contribution in [0, 0.1) is 5.92 Å². The van der Waals surface area contributed by atoms with Gasteiger partial charge in [0, 0.05) is 12.8 Å². The van der Waals surface area contributed by atoms with Gasteiger partial charge in [-0.2, -0.15) is 0 Å². The first-order valence-electron chi connectivity index (χ1n) is 20.8. The monoisotopic (exact) mass is 719 g/mol. The van der Waals surface area contributed by atoms with Crippen molar-refractivity contribution in [3.63, 3.8) is 0 Å². The van der Waals surface area contributed by atoms with Crippen molar-refractivity contribution < 1.29 is 34.4 Å². The Morgan fingerprint density at radius 3 is 1.73 bits per heavy atom. The summed E-state index contributed by atoms with van der Waals surface area (Å²) in [5.41, 5.74) is 0. The van der Waals surface area contributed by atoms with E-state index < -0.39 is 30.9 Å². The maximum absolute atomic E-state index is 12.2. The largest absolute Gasteiger partial charge is 0.462 e. The lowest BCUT2D eigenvalue weighted by atomic mass is 9.99. The molecule has 0 heterocycles. The number of rotatable bonds is 36. The minimum atomic E-state index is -0.885. The molecule has 51 heavy (non-hydrogen) atoms. The highest BCUT2D eigenvalue weighted by molar-refractivity contribution is 5.70. The van der Waals surface area contributed by atoms with Gasteiger partial charge in [-0.25, -0.2) is 0 Å². The highest BCUT2D eigenvalue weighted by Crippen LogP contribution is 2.16. The average molecular weight is 719 g/mol. The fraction of sp³-hybridized carbons (Fsp3) is 0.773. The van der Waals surface area contributed by atoms with E-state index in [0.29, 0.717) is 25.7 Å². The molecule has 1 unspecified atom stereocenters. The molecule has 0 fully saturated rings. The minimum absolute atomic E-state index is 0.0948. The van der Waals surface area contributed by atoms with Crippen molar-refractivity contribution in [3.8, 4) is 0 Å². The van der Waals surface area contributed by atoms with Crippen molar-refractivity contribution >= 4 is 11.9 Å². The molecule has 4 atom stereocenters. The van der Waals surface area contributed by atoms with Crippen LogP contribution >= 0.6 is 0 Å². The first-order valence-corrected chi connectivity index (χ1v) is 20.8. The third kappa shape index (κ3) is 35.9. The second-order valence-electron chi connectivity index (χ2n) is 14.4. The molecule has 0 rings (SSSR count). The van der Waals surface area contributed by atoms with Gasteiger partial charge in [0.05, 0.1) is 18.8 Å². The van der Waals surface area contributed by atoms with E-state index in [2.05, 4.69) is 26.8 Å². The Bertz CT molecular complexity index is 909. The molecule has 0 amide bonds. The SMILES string of the molecule is CCCCC/C=C\C[C@H](O)/C=C/C=C/C=C\[C@H](O)CCCC(=O)O[C@@H](CO)COC(=O)CCCCCCCCCCCCCCCCC(C)CC. The van der Waals surface area contributed by atoms with Crippen LogP contribution in [0.1, 0.15) is 181 Å². The summed E-state index contributed by atoms with van der Waals surface area (Å²) < 4.78 is 10.5. The standard InChI is InChI=1S/C44H78O7/c1-4-6-7-8-20-25-31-40(46)32-26-22-23-27-33-41(47)34-29-36-44(49)51-42(37-45)38-50-43(48)35-28-21-18-16-14-12-10-9-11-13-15-17-19-24-30-39(3)5-2/h20,22-23,25-27,32-33,39-42,45-47H,4-19,21,24,28-31,34-38H2,1-3H3/b23-22+,25-20-,32-26+,33-27-/t39?,40-,41-,42-/m0/s1. The first kappa shape index (κ1) is 48.8. The summed E-state index contributed by atoms with van der Waals surface area (Å²) in [7, 11) is 0.